The number of rotatable bonds is 6. The van der Waals surface area contributed by atoms with Crippen molar-refractivity contribution in [2.24, 2.45) is 0 Å². The minimum atomic E-state index is 0.283. The molecule has 2 fully saturated rings. The summed E-state index contributed by atoms with van der Waals surface area (Å²) in [5.74, 6) is 1.29. The number of benzene rings is 1. The molecule has 0 atom stereocenters. The van der Waals surface area contributed by atoms with Gasteiger partial charge in [0.1, 0.15) is 5.75 Å². The van der Waals surface area contributed by atoms with Gasteiger partial charge in [-0.25, -0.2) is 0 Å². The number of nitrogens with zero attached hydrogens (tertiary/aromatic N) is 1. The third-order valence-corrected chi connectivity index (χ3v) is 5.50. The first-order chi connectivity index (χ1) is 12.2. The zero-order valence-electron chi connectivity index (χ0n) is 15.5. The van der Waals surface area contributed by atoms with E-state index in [-0.39, 0.29) is 5.91 Å². The fourth-order valence-corrected chi connectivity index (χ4v) is 3.92. The first-order valence-corrected chi connectivity index (χ1v) is 10.0. The van der Waals surface area contributed by atoms with Crippen LogP contribution in [0.5, 0.6) is 5.75 Å². The van der Waals surface area contributed by atoms with Crippen molar-refractivity contribution in [3.8, 4) is 5.75 Å². The first kappa shape index (κ1) is 18.2. The smallest absolute Gasteiger partial charge is 0.222 e. The number of amides is 1. The molecule has 25 heavy (non-hydrogen) atoms. The first-order valence-electron chi connectivity index (χ1n) is 10.0. The molecule has 138 valence electrons. The quantitative estimate of drug-likeness (QED) is 0.851. The van der Waals surface area contributed by atoms with Crippen molar-refractivity contribution in [3.63, 3.8) is 0 Å². The average molecular weight is 344 g/mol. The average Bonchev–Trinajstić information content (AvgIpc) is 2.67. The van der Waals surface area contributed by atoms with Gasteiger partial charge in [0, 0.05) is 32.1 Å². The number of hydrogen-bond acceptors (Lipinski definition) is 3. The highest BCUT2D eigenvalue weighted by atomic mass is 16.5. The molecule has 0 bridgehead atoms. The van der Waals surface area contributed by atoms with Crippen LogP contribution in [0.15, 0.2) is 24.3 Å². The van der Waals surface area contributed by atoms with E-state index < -0.39 is 0 Å². The van der Waals surface area contributed by atoms with Crippen LogP contribution < -0.4 is 10.1 Å². The van der Waals surface area contributed by atoms with Gasteiger partial charge in [-0.05, 0) is 56.2 Å². The van der Waals surface area contributed by atoms with E-state index in [0.717, 1.165) is 38.2 Å². The summed E-state index contributed by atoms with van der Waals surface area (Å²) >= 11 is 0. The second-order valence-corrected chi connectivity index (χ2v) is 7.41. The SMILES string of the molecule is CCC(=O)N1CCC(NCc2cccc(OC3CCCCC3)c2)CC1. The molecule has 0 unspecified atom stereocenters. The molecule has 1 aromatic rings. The van der Waals surface area contributed by atoms with Crippen LogP contribution in [0.4, 0.5) is 0 Å². The van der Waals surface area contributed by atoms with Gasteiger partial charge in [0.25, 0.3) is 0 Å². The summed E-state index contributed by atoms with van der Waals surface area (Å²) in [6, 6.07) is 9.02. The number of ether oxygens (including phenoxy) is 1. The molecule has 4 nitrogen and oxygen atoms in total. The summed E-state index contributed by atoms with van der Waals surface area (Å²) in [4.78, 5) is 13.7. The van der Waals surface area contributed by atoms with Crippen molar-refractivity contribution in [1.29, 1.82) is 0 Å². The van der Waals surface area contributed by atoms with Gasteiger partial charge in [-0.2, -0.15) is 0 Å². The third kappa shape index (κ3) is 5.46. The van der Waals surface area contributed by atoms with Crippen LogP contribution in [-0.2, 0) is 11.3 Å². The van der Waals surface area contributed by atoms with Crippen LogP contribution >= 0.6 is 0 Å². The zero-order valence-corrected chi connectivity index (χ0v) is 15.5. The molecule has 0 radical (unpaired) electrons. The molecule has 0 spiro atoms. The number of carbonyl (C=O) groups excluding carboxylic acids is 1. The predicted molar refractivity (Wildman–Crippen MR) is 101 cm³/mol. The summed E-state index contributed by atoms with van der Waals surface area (Å²) in [6.07, 6.45) is 9.44. The maximum Gasteiger partial charge on any atom is 0.222 e. The minimum absolute atomic E-state index is 0.283. The molecule has 3 rings (SSSR count). The standard InChI is InChI=1S/C21H32N2O2/c1-2-21(24)23-13-11-18(12-14-23)22-16-17-7-6-10-20(15-17)25-19-8-4-3-5-9-19/h6-7,10,15,18-19,22H,2-5,8-9,11-14,16H2,1H3. The van der Waals surface area contributed by atoms with E-state index in [0.29, 0.717) is 18.6 Å². The summed E-state index contributed by atoms with van der Waals surface area (Å²) < 4.78 is 6.17. The van der Waals surface area contributed by atoms with Crippen LogP contribution in [0.25, 0.3) is 0 Å². The molecule has 1 heterocycles. The van der Waals surface area contributed by atoms with Gasteiger partial charge in [-0.3, -0.25) is 4.79 Å². The lowest BCUT2D eigenvalue weighted by Crippen LogP contribution is -2.44. The number of piperidine rings is 1. The fourth-order valence-electron chi connectivity index (χ4n) is 3.92. The van der Waals surface area contributed by atoms with Gasteiger partial charge >= 0.3 is 0 Å². The van der Waals surface area contributed by atoms with E-state index in [4.69, 9.17) is 4.74 Å². The lowest BCUT2D eigenvalue weighted by molar-refractivity contribution is -0.131. The van der Waals surface area contributed by atoms with Crippen molar-refractivity contribution in [1.82, 2.24) is 10.2 Å². The molecule has 1 N–H and O–H groups in total. The van der Waals surface area contributed by atoms with Gasteiger partial charge < -0.3 is 15.0 Å². The summed E-state index contributed by atoms with van der Waals surface area (Å²) in [5.41, 5.74) is 1.28. The minimum Gasteiger partial charge on any atom is -0.490 e. The topological polar surface area (TPSA) is 41.6 Å². The molecule has 4 heteroatoms. The van der Waals surface area contributed by atoms with E-state index in [9.17, 15) is 4.79 Å². The number of hydrogen-bond donors (Lipinski definition) is 1. The van der Waals surface area contributed by atoms with Gasteiger partial charge in [0.2, 0.25) is 5.91 Å². The molecule has 1 aromatic carbocycles. The van der Waals surface area contributed by atoms with Crippen LogP contribution in [0, 0.1) is 0 Å². The largest absolute Gasteiger partial charge is 0.490 e. The Balaban J connectivity index is 1.44. The normalized spacial score (nSPS) is 19.8. The van der Waals surface area contributed by atoms with Crippen molar-refractivity contribution in [2.75, 3.05) is 13.1 Å². The van der Waals surface area contributed by atoms with E-state index in [1.165, 1.54) is 37.7 Å². The Morgan fingerprint density at radius 3 is 2.64 bits per heavy atom. The van der Waals surface area contributed by atoms with Crippen molar-refractivity contribution < 1.29 is 9.53 Å². The van der Waals surface area contributed by atoms with Crippen LogP contribution in [0.2, 0.25) is 0 Å². The van der Waals surface area contributed by atoms with Crippen molar-refractivity contribution in [3.05, 3.63) is 29.8 Å². The molecule has 1 saturated carbocycles. The van der Waals surface area contributed by atoms with E-state index in [1.54, 1.807) is 0 Å². The van der Waals surface area contributed by atoms with E-state index in [2.05, 4.69) is 29.6 Å². The Bertz CT molecular complexity index is 547. The highest BCUT2D eigenvalue weighted by Crippen LogP contribution is 2.24. The second-order valence-electron chi connectivity index (χ2n) is 7.41. The molecule has 1 aliphatic carbocycles. The Labute approximate surface area is 151 Å². The van der Waals surface area contributed by atoms with Crippen LogP contribution in [0.3, 0.4) is 0 Å². The molecular formula is C21H32N2O2. The third-order valence-electron chi connectivity index (χ3n) is 5.50. The highest BCUT2D eigenvalue weighted by Gasteiger charge is 2.21. The monoisotopic (exact) mass is 344 g/mol. The molecule has 0 aromatic heterocycles. The zero-order chi connectivity index (χ0) is 17.5. The molecule has 2 aliphatic rings. The maximum atomic E-state index is 11.7. The van der Waals surface area contributed by atoms with Gasteiger partial charge in [-0.15, -0.1) is 0 Å². The Hall–Kier alpha value is -1.55. The van der Waals surface area contributed by atoms with E-state index in [1.807, 2.05) is 11.8 Å². The summed E-state index contributed by atoms with van der Waals surface area (Å²) in [6.45, 7) is 4.58. The van der Waals surface area contributed by atoms with Crippen LogP contribution in [0.1, 0.15) is 63.9 Å². The fraction of sp³-hybridized carbons (Fsp3) is 0.667. The number of nitrogens with one attached hydrogen (secondary N) is 1. The lowest BCUT2D eigenvalue weighted by Gasteiger charge is -2.32. The Morgan fingerprint density at radius 1 is 1.16 bits per heavy atom. The molecule has 1 aliphatic heterocycles. The Kier molecular flexibility index (Phi) is 6.74. The second kappa shape index (κ2) is 9.23. The number of carbonyl (C=O) groups is 1. The van der Waals surface area contributed by atoms with Crippen molar-refractivity contribution in [2.45, 2.75) is 77.0 Å². The summed E-state index contributed by atoms with van der Waals surface area (Å²) in [7, 11) is 0. The molecule has 1 amide bonds. The van der Waals surface area contributed by atoms with Crippen LogP contribution in [-0.4, -0.2) is 36.0 Å². The molecule has 1 saturated heterocycles. The lowest BCUT2D eigenvalue weighted by atomic mass is 9.98. The maximum absolute atomic E-state index is 11.7. The Morgan fingerprint density at radius 2 is 1.92 bits per heavy atom. The van der Waals surface area contributed by atoms with Crippen molar-refractivity contribution >= 4 is 5.91 Å². The van der Waals surface area contributed by atoms with E-state index >= 15 is 0 Å². The van der Waals surface area contributed by atoms with Gasteiger partial charge in [0.15, 0.2) is 0 Å². The molecular weight excluding hydrogens is 312 g/mol. The number of likely N-dealkylation sites (tertiary alicyclic amines) is 1. The highest BCUT2D eigenvalue weighted by molar-refractivity contribution is 5.75. The predicted octanol–water partition coefficient (Wildman–Crippen LogP) is 3.89. The van der Waals surface area contributed by atoms with Gasteiger partial charge in [-0.1, -0.05) is 25.5 Å². The summed E-state index contributed by atoms with van der Waals surface area (Å²) in [5, 5.41) is 3.65. The van der Waals surface area contributed by atoms with Gasteiger partial charge in [0.05, 0.1) is 6.10 Å².